The summed E-state index contributed by atoms with van der Waals surface area (Å²) in [7, 11) is 1.70. The van der Waals surface area contributed by atoms with Crippen LogP contribution in [0, 0.1) is 11.3 Å². The van der Waals surface area contributed by atoms with Gasteiger partial charge in [-0.3, -0.25) is 4.79 Å². The number of hydrogen-bond donors (Lipinski definition) is 0. The maximum absolute atomic E-state index is 11.3. The Kier molecular flexibility index (Phi) is 4.81. The van der Waals surface area contributed by atoms with Gasteiger partial charge in [0, 0.05) is 18.6 Å². The van der Waals surface area contributed by atoms with Gasteiger partial charge in [0.2, 0.25) is 5.91 Å². The van der Waals surface area contributed by atoms with Crippen LogP contribution >= 0.6 is 11.6 Å². The van der Waals surface area contributed by atoms with Crippen LogP contribution < -0.4 is 0 Å². The zero-order valence-electron chi connectivity index (χ0n) is 9.11. The molecule has 0 heterocycles. The minimum atomic E-state index is -0.142. The molecule has 0 aliphatic rings. The molecular weight excluding hydrogens is 224 g/mol. The molecule has 1 aromatic rings. The molecule has 0 bridgehead atoms. The lowest BCUT2D eigenvalue weighted by Gasteiger charge is -2.15. The van der Waals surface area contributed by atoms with Gasteiger partial charge in [-0.25, -0.2) is 0 Å². The fourth-order valence-electron chi connectivity index (χ4n) is 1.28. The Labute approximate surface area is 100 Å². The normalized spacial score (nSPS) is 9.56. The first-order valence-corrected chi connectivity index (χ1v) is 5.36. The summed E-state index contributed by atoms with van der Waals surface area (Å²) in [6.45, 7) is 0.613. The number of rotatable bonds is 4. The monoisotopic (exact) mass is 236 g/mol. The molecule has 4 heteroatoms. The van der Waals surface area contributed by atoms with Gasteiger partial charge >= 0.3 is 0 Å². The Morgan fingerprint density at radius 1 is 1.44 bits per heavy atom. The van der Waals surface area contributed by atoms with Gasteiger partial charge in [-0.2, -0.15) is 5.26 Å². The Morgan fingerprint density at radius 2 is 2.06 bits per heavy atom. The maximum Gasteiger partial charge on any atom is 0.236 e. The van der Waals surface area contributed by atoms with E-state index in [1.165, 1.54) is 0 Å². The van der Waals surface area contributed by atoms with Gasteiger partial charge in [0.25, 0.3) is 0 Å². The average Bonchev–Trinajstić information content (AvgIpc) is 2.28. The summed E-state index contributed by atoms with van der Waals surface area (Å²) in [5.74, 6) is -0.142. The average molecular weight is 237 g/mol. The van der Waals surface area contributed by atoms with Crippen LogP contribution in [0.1, 0.15) is 12.0 Å². The van der Waals surface area contributed by atoms with Crippen LogP contribution in [-0.2, 0) is 11.2 Å². The fourth-order valence-corrected chi connectivity index (χ4v) is 1.40. The van der Waals surface area contributed by atoms with Crippen LogP contribution in [0.25, 0.3) is 0 Å². The number of nitriles is 1. The predicted molar refractivity (Wildman–Crippen MR) is 63.0 cm³/mol. The third kappa shape index (κ3) is 3.92. The lowest BCUT2D eigenvalue weighted by Crippen LogP contribution is -2.28. The topological polar surface area (TPSA) is 44.1 Å². The largest absolute Gasteiger partial charge is 0.345 e. The summed E-state index contributed by atoms with van der Waals surface area (Å²) in [4.78, 5) is 12.9. The molecule has 0 saturated carbocycles. The molecule has 0 atom stereocenters. The molecule has 0 unspecified atom stereocenters. The van der Waals surface area contributed by atoms with Crippen molar-refractivity contribution in [1.29, 1.82) is 5.26 Å². The highest BCUT2D eigenvalue weighted by Crippen LogP contribution is 2.10. The highest BCUT2D eigenvalue weighted by molar-refractivity contribution is 6.30. The standard InChI is InChI=1S/C12H13ClN2O/c1-15(12(16)6-8-14)9-7-10-2-4-11(13)5-3-10/h2-5H,6-7,9H2,1H3. The van der Waals surface area contributed by atoms with Crippen molar-refractivity contribution in [2.75, 3.05) is 13.6 Å². The lowest BCUT2D eigenvalue weighted by molar-refractivity contribution is -0.128. The highest BCUT2D eigenvalue weighted by Gasteiger charge is 2.07. The summed E-state index contributed by atoms with van der Waals surface area (Å²) in [5, 5.41) is 9.10. The zero-order chi connectivity index (χ0) is 12.0. The van der Waals surface area contributed by atoms with Crippen molar-refractivity contribution in [1.82, 2.24) is 4.90 Å². The number of nitrogens with zero attached hydrogens (tertiary/aromatic N) is 2. The number of benzene rings is 1. The second-order valence-corrected chi connectivity index (χ2v) is 3.96. The van der Waals surface area contributed by atoms with Crippen molar-refractivity contribution in [2.24, 2.45) is 0 Å². The van der Waals surface area contributed by atoms with Crippen LogP contribution in [-0.4, -0.2) is 24.4 Å². The van der Waals surface area contributed by atoms with Crippen LogP contribution in [0.4, 0.5) is 0 Å². The van der Waals surface area contributed by atoms with Gasteiger partial charge in [0.15, 0.2) is 0 Å². The van der Waals surface area contributed by atoms with Crippen molar-refractivity contribution in [3.8, 4) is 6.07 Å². The molecule has 1 rings (SSSR count). The molecule has 0 N–H and O–H groups in total. The molecule has 84 valence electrons. The van der Waals surface area contributed by atoms with E-state index in [4.69, 9.17) is 16.9 Å². The van der Waals surface area contributed by atoms with Crippen molar-refractivity contribution in [2.45, 2.75) is 12.8 Å². The van der Waals surface area contributed by atoms with Gasteiger partial charge in [-0.15, -0.1) is 0 Å². The van der Waals surface area contributed by atoms with Gasteiger partial charge < -0.3 is 4.90 Å². The Balaban J connectivity index is 2.43. The van der Waals surface area contributed by atoms with Crippen molar-refractivity contribution >= 4 is 17.5 Å². The molecule has 0 fully saturated rings. The van der Waals surface area contributed by atoms with E-state index in [-0.39, 0.29) is 12.3 Å². The molecule has 3 nitrogen and oxygen atoms in total. The van der Waals surface area contributed by atoms with Crippen molar-refractivity contribution in [3.63, 3.8) is 0 Å². The Bertz CT molecular complexity index is 394. The van der Waals surface area contributed by atoms with Gasteiger partial charge in [0.1, 0.15) is 6.42 Å². The van der Waals surface area contributed by atoms with E-state index in [9.17, 15) is 4.79 Å². The number of carbonyl (C=O) groups excluding carboxylic acids is 1. The number of amides is 1. The molecule has 1 aromatic carbocycles. The van der Waals surface area contributed by atoms with Crippen LogP contribution in [0.3, 0.4) is 0 Å². The van der Waals surface area contributed by atoms with Crippen LogP contribution in [0.5, 0.6) is 0 Å². The fraction of sp³-hybridized carbons (Fsp3) is 0.333. The van der Waals surface area contributed by atoms with Crippen molar-refractivity contribution in [3.05, 3.63) is 34.9 Å². The summed E-state index contributed by atoms with van der Waals surface area (Å²) < 4.78 is 0. The second-order valence-electron chi connectivity index (χ2n) is 3.53. The number of likely N-dealkylation sites (N-methyl/N-ethyl adjacent to an activating group) is 1. The van der Waals surface area contributed by atoms with E-state index in [0.29, 0.717) is 11.6 Å². The maximum atomic E-state index is 11.3. The van der Waals surface area contributed by atoms with Gasteiger partial charge in [0.05, 0.1) is 6.07 Å². The van der Waals surface area contributed by atoms with E-state index in [0.717, 1.165) is 12.0 Å². The van der Waals surface area contributed by atoms with Crippen molar-refractivity contribution < 1.29 is 4.79 Å². The number of halogens is 1. The molecule has 0 saturated heterocycles. The first kappa shape index (κ1) is 12.5. The van der Waals surface area contributed by atoms with E-state index in [2.05, 4.69) is 0 Å². The predicted octanol–water partition coefficient (Wildman–Crippen LogP) is 2.25. The second kappa shape index (κ2) is 6.14. The van der Waals surface area contributed by atoms with E-state index in [1.807, 2.05) is 30.3 Å². The molecule has 0 aliphatic heterocycles. The third-order valence-electron chi connectivity index (χ3n) is 2.31. The minimum absolute atomic E-state index is 0.0584. The van der Waals surface area contributed by atoms with Crippen LogP contribution in [0.2, 0.25) is 5.02 Å². The van der Waals surface area contributed by atoms with E-state index < -0.39 is 0 Å². The molecule has 0 radical (unpaired) electrons. The molecular formula is C12H13ClN2O. The van der Waals surface area contributed by atoms with Gasteiger partial charge in [-0.1, -0.05) is 23.7 Å². The number of carbonyl (C=O) groups is 1. The molecule has 16 heavy (non-hydrogen) atoms. The van der Waals surface area contributed by atoms with E-state index in [1.54, 1.807) is 11.9 Å². The first-order valence-electron chi connectivity index (χ1n) is 4.99. The molecule has 0 aliphatic carbocycles. The third-order valence-corrected chi connectivity index (χ3v) is 2.56. The highest BCUT2D eigenvalue weighted by atomic mass is 35.5. The Morgan fingerprint density at radius 3 is 2.62 bits per heavy atom. The minimum Gasteiger partial charge on any atom is -0.345 e. The molecule has 0 aromatic heterocycles. The Hall–Kier alpha value is -1.53. The lowest BCUT2D eigenvalue weighted by atomic mass is 10.1. The summed E-state index contributed by atoms with van der Waals surface area (Å²) in [6, 6.07) is 9.37. The first-order chi connectivity index (χ1) is 7.63. The summed E-state index contributed by atoms with van der Waals surface area (Å²) >= 11 is 5.77. The number of hydrogen-bond acceptors (Lipinski definition) is 2. The summed E-state index contributed by atoms with van der Waals surface area (Å²) in [6.07, 6.45) is 0.710. The van der Waals surface area contributed by atoms with Crippen LogP contribution in [0.15, 0.2) is 24.3 Å². The zero-order valence-corrected chi connectivity index (χ0v) is 9.87. The quantitative estimate of drug-likeness (QED) is 0.805. The SMILES string of the molecule is CN(CCc1ccc(Cl)cc1)C(=O)CC#N. The smallest absolute Gasteiger partial charge is 0.236 e. The summed E-state index contributed by atoms with van der Waals surface area (Å²) in [5.41, 5.74) is 1.13. The van der Waals surface area contributed by atoms with Gasteiger partial charge in [-0.05, 0) is 24.1 Å². The molecule has 0 spiro atoms. The van der Waals surface area contributed by atoms with E-state index >= 15 is 0 Å². The molecule has 1 amide bonds.